The Morgan fingerprint density at radius 2 is 1.45 bits per heavy atom. The van der Waals surface area contributed by atoms with E-state index in [-0.39, 0.29) is 19.1 Å². The van der Waals surface area contributed by atoms with E-state index in [2.05, 4.69) is 5.32 Å². The molecule has 1 heterocycles. The molecule has 0 unspecified atom stereocenters. The average molecular weight is 416 g/mol. The van der Waals surface area contributed by atoms with E-state index < -0.39 is 5.97 Å². The van der Waals surface area contributed by atoms with Crippen molar-refractivity contribution in [2.24, 2.45) is 0 Å². The van der Waals surface area contributed by atoms with Crippen LogP contribution in [0.5, 0.6) is 0 Å². The lowest BCUT2D eigenvalue weighted by atomic mass is 10.0. The lowest BCUT2D eigenvalue weighted by Crippen LogP contribution is -2.31. The molecule has 1 aliphatic rings. The van der Waals surface area contributed by atoms with Crippen molar-refractivity contribution in [1.82, 2.24) is 0 Å². The van der Waals surface area contributed by atoms with Crippen LogP contribution >= 0.6 is 0 Å². The first-order valence-corrected chi connectivity index (χ1v) is 10.3. The molecule has 0 saturated heterocycles. The number of nitrogens with zero attached hydrogens (tertiary/aromatic N) is 1. The van der Waals surface area contributed by atoms with Crippen LogP contribution in [0, 0.1) is 0 Å². The third kappa shape index (κ3) is 4.44. The van der Waals surface area contributed by atoms with Gasteiger partial charge in [0.2, 0.25) is 0 Å². The van der Waals surface area contributed by atoms with Gasteiger partial charge in [0.15, 0.2) is 6.61 Å². The van der Waals surface area contributed by atoms with Crippen molar-refractivity contribution in [1.29, 1.82) is 0 Å². The Balaban J connectivity index is 1.56. The van der Waals surface area contributed by atoms with Gasteiger partial charge in [-0.3, -0.25) is 9.69 Å². The number of esters is 1. The van der Waals surface area contributed by atoms with Gasteiger partial charge in [0.25, 0.3) is 5.91 Å². The van der Waals surface area contributed by atoms with Crippen LogP contribution in [-0.2, 0) is 22.4 Å². The highest BCUT2D eigenvalue weighted by Gasteiger charge is 2.26. The Morgan fingerprint density at radius 1 is 0.871 bits per heavy atom. The molecule has 0 fully saturated rings. The van der Waals surface area contributed by atoms with E-state index in [1.165, 1.54) is 0 Å². The van der Waals surface area contributed by atoms with E-state index in [0.717, 1.165) is 35.3 Å². The van der Waals surface area contributed by atoms with E-state index in [9.17, 15) is 9.59 Å². The summed E-state index contributed by atoms with van der Waals surface area (Å²) in [5, 5.41) is 12.0. The number of rotatable bonds is 6. The maximum Gasteiger partial charge on any atom is 0.340 e. The molecule has 6 nitrogen and oxygen atoms in total. The quantitative estimate of drug-likeness (QED) is 0.599. The van der Waals surface area contributed by atoms with Gasteiger partial charge >= 0.3 is 5.97 Å². The number of ether oxygens (including phenoxy) is 1. The van der Waals surface area contributed by atoms with Gasteiger partial charge in [-0.1, -0.05) is 48.5 Å². The molecule has 2 N–H and O–H groups in total. The monoisotopic (exact) mass is 416 g/mol. The van der Waals surface area contributed by atoms with Crippen molar-refractivity contribution >= 4 is 28.9 Å². The van der Waals surface area contributed by atoms with Crippen LogP contribution in [0.2, 0.25) is 0 Å². The molecule has 3 aromatic carbocycles. The smallest absolute Gasteiger partial charge is 0.340 e. The molecule has 4 rings (SSSR count). The summed E-state index contributed by atoms with van der Waals surface area (Å²) >= 11 is 0. The molecule has 158 valence electrons. The topological polar surface area (TPSA) is 78.9 Å². The highest BCUT2D eigenvalue weighted by Crippen LogP contribution is 2.36. The zero-order valence-corrected chi connectivity index (χ0v) is 17.1. The summed E-state index contributed by atoms with van der Waals surface area (Å²) in [5.41, 5.74) is 4.67. The Labute approximate surface area is 181 Å². The summed E-state index contributed by atoms with van der Waals surface area (Å²) in [6, 6.07) is 22.5. The fourth-order valence-electron chi connectivity index (χ4n) is 3.82. The number of aliphatic hydroxyl groups is 1. The van der Waals surface area contributed by atoms with Gasteiger partial charge in [0, 0.05) is 12.2 Å². The largest absolute Gasteiger partial charge is 0.452 e. The molecule has 6 heteroatoms. The van der Waals surface area contributed by atoms with Crippen molar-refractivity contribution < 1.29 is 19.4 Å². The molecule has 3 aromatic rings. The molecule has 0 radical (unpaired) electrons. The molecule has 0 saturated carbocycles. The normalized spacial score (nSPS) is 12.4. The molecular formula is C25H24N2O4. The van der Waals surface area contributed by atoms with Crippen molar-refractivity contribution in [3.63, 3.8) is 0 Å². The first-order chi connectivity index (χ1) is 15.2. The van der Waals surface area contributed by atoms with Crippen molar-refractivity contribution in [3.05, 3.63) is 89.5 Å². The Morgan fingerprint density at radius 3 is 2.10 bits per heavy atom. The Hall–Kier alpha value is -3.64. The van der Waals surface area contributed by atoms with Crippen molar-refractivity contribution in [3.8, 4) is 0 Å². The average Bonchev–Trinajstić information content (AvgIpc) is 2.98. The zero-order chi connectivity index (χ0) is 21.6. The maximum atomic E-state index is 13.3. The number of para-hydroxylation sites is 3. The minimum Gasteiger partial charge on any atom is -0.452 e. The van der Waals surface area contributed by atoms with Crippen LogP contribution in [0.4, 0.5) is 17.1 Å². The molecule has 31 heavy (non-hydrogen) atoms. The fourth-order valence-corrected chi connectivity index (χ4v) is 3.82. The summed E-state index contributed by atoms with van der Waals surface area (Å²) in [4.78, 5) is 27.6. The van der Waals surface area contributed by atoms with Crippen LogP contribution in [0.25, 0.3) is 0 Å². The standard InChI is InChI=1S/C25H24N2O4/c28-16-15-26-21-10-4-3-9-20(21)25(30)31-17-24(29)27-22-11-5-1-7-18(22)13-14-19-8-2-6-12-23(19)27/h1-12,26,28H,13-17H2. The highest BCUT2D eigenvalue weighted by molar-refractivity contribution is 6.04. The maximum absolute atomic E-state index is 13.3. The van der Waals surface area contributed by atoms with Gasteiger partial charge < -0.3 is 15.2 Å². The van der Waals surface area contributed by atoms with Crippen LogP contribution in [0.1, 0.15) is 21.5 Å². The van der Waals surface area contributed by atoms with Crippen LogP contribution in [0.15, 0.2) is 72.8 Å². The second-order valence-electron chi connectivity index (χ2n) is 7.26. The molecule has 0 aromatic heterocycles. The van der Waals surface area contributed by atoms with E-state index in [1.54, 1.807) is 29.2 Å². The highest BCUT2D eigenvalue weighted by atomic mass is 16.5. The molecular weight excluding hydrogens is 392 g/mol. The van der Waals surface area contributed by atoms with Crippen molar-refractivity contribution in [2.75, 3.05) is 30.0 Å². The lowest BCUT2D eigenvalue weighted by Gasteiger charge is -2.25. The number of hydrogen-bond donors (Lipinski definition) is 2. The molecule has 1 amide bonds. The third-order valence-electron chi connectivity index (χ3n) is 5.28. The number of hydrogen-bond acceptors (Lipinski definition) is 5. The van der Waals surface area contributed by atoms with Crippen LogP contribution < -0.4 is 10.2 Å². The minimum atomic E-state index is -0.592. The molecule has 0 bridgehead atoms. The second-order valence-corrected chi connectivity index (χ2v) is 7.26. The third-order valence-corrected chi connectivity index (χ3v) is 5.28. The number of nitrogens with one attached hydrogen (secondary N) is 1. The van der Waals surface area contributed by atoms with Gasteiger partial charge in [-0.15, -0.1) is 0 Å². The number of amides is 1. The first-order valence-electron chi connectivity index (χ1n) is 10.3. The number of fused-ring (bicyclic) bond motifs is 2. The van der Waals surface area contributed by atoms with E-state index in [1.807, 2.05) is 48.5 Å². The number of aliphatic hydroxyl groups excluding tert-OH is 1. The van der Waals surface area contributed by atoms with E-state index in [4.69, 9.17) is 9.84 Å². The van der Waals surface area contributed by atoms with Crippen LogP contribution in [-0.4, -0.2) is 36.7 Å². The Kier molecular flexibility index (Phi) is 6.29. The van der Waals surface area contributed by atoms with Crippen LogP contribution in [0.3, 0.4) is 0 Å². The first kappa shape index (κ1) is 20.6. The number of aryl methyl sites for hydroxylation is 2. The number of carbonyl (C=O) groups excluding carboxylic acids is 2. The summed E-state index contributed by atoms with van der Waals surface area (Å²) < 4.78 is 5.40. The predicted octanol–water partition coefficient (Wildman–Crippen LogP) is 3.71. The minimum absolute atomic E-state index is 0.0599. The molecule has 1 aliphatic heterocycles. The number of carbonyl (C=O) groups is 2. The van der Waals surface area contributed by atoms with Gasteiger partial charge in [0.05, 0.1) is 23.5 Å². The summed E-state index contributed by atoms with van der Waals surface area (Å²) in [6.07, 6.45) is 1.67. The second kappa shape index (κ2) is 9.45. The SMILES string of the molecule is O=C(OCC(=O)N1c2ccccc2CCc2ccccc21)c1ccccc1NCCO. The fraction of sp³-hybridized carbons (Fsp3) is 0.200. The predicted molar refractivity (Wildman–Crippen MR) is 120 cm³/mol. The summed E-state index contributed by atoms with van der Waals surface area (Å²) in [7, 11) is 0. The van der Waals surface area contributed by atoms with Gasteiger partial charge in [-0.25, -0.2) is 4.79 Å². The van der Waals surface area contributed by atoms with E-state index in [0.29, 0.717) is 17.8 Å². The van der Waals surface area contributed by atoms with E-state index >= 15 is 0 Å². The number of benzene rings is 3. The molecule has 0 aliphatic carbocycles. The van der Waals surface area contributed by atoms with Crippen molar-refractivity contribution in [2.45, 2.75) is 12.8 Å². The van der Waals surface area contributed by atoms with Gasteiger partial charge in [-0.2, -0.15) is 0 Å². The van der Waals surface area contributed by atoms with Gasteiger partial charge in [0.1, 0.15) is 0 Å². The summed E-state index contributed by atoms with van der Waals surface area (Å²) in [5.74, 6) is -0.901. The molecule has 0 spiro atoms. The number of anilines is 3. The summed E-state index contributed by atoms with van der Waals surface area (Å²) in [6.45, 7) is -0.129. The van der Waals surface area contributed by atoms with Gasteiger partial charge in [-0.05, 0) is 48.2 Å². The molecule has 0 atom stereocenters. The Bertz CT molecular complexity index is 1050. The lowest BCUT2D eigenvalue weighted by molar-refractivity contribution is -0.120. The zero-order valence-electron chi connectivity index (χ0n) is 17.1.